The highest BCUT2D eigenvalue weighted by molar-refractivity contribution is 5.80. The fourth-order valence-electron chi connectivity index (χ4n) is 2.48. The van der Waals surface area contributed by atoms with Gasteiger partial charge in [0, 0.05) is 52.0 Å². The van der Waals surface area contributed by atoms with Gasteiger partial charge in [-0.1, -0.05) is 13.3 Å². The van der Waals surface area contributed by atoms with Crippen molar-refractivity contribution in [3.8, 4) is 0 Å². The molecule has 6 nitrogen and oxygen atoms in total. The Morgan fingerprint density at radius 1 is 1.57 bits per heavy atom. The van der Waals surface area contributed by atoms with Crippen LogP contribution in [0, 0.1) is 0 Å². The molecule has 1 aliphatic heterocycles. The van der Waals surface area contributed by atoms with E-state index in [0.717, 1.165) is 37.4 Å². The predicted molar refractivity (Wildman–Crippen MR) is 80.9 cm³/mol. The number of likely N-dealkylation sites (N-methyl/N-ethyl adjacent to an activating group) is 1. The Hall–Kier alpha value is -1.40. The van der Waals surface area contributed by atoms with Crippen molar-refractivity contribution in [3.63, 3.8) is 0 Å². The third-order valence-electron chi connectivity index (χ3n) is 3.71. The Labute approximate surface area is 126 Å². The van der Waals surface area contributed by atoms with Crippen LogP contribution in [0.15, 0.2) is 6.20 Å². The normalized spacial score (nSPS) is 19.7. The number of aryl methyl sites for hydroxylation is 1. The van der Waals surface area contributed by atoms with E-state index in [1.807, 2.05) is 6.20 Å². The molecule has 21 heavy (non-hydrogen) atoms. The summed E-state index contributed by atoms with van der Waals surface area (Å²) >= 11 is 0. The number of carbonyl (C=O) groups is 1. The number of rotatable bonds is 6. The number of imidazole rings is 1. The van der Waals surface area contributed by atoms with Crippen LogP contribution in [-0.4, -0.2) is 65.6 Å². The molecule has 1 aromatic heterocycles. The van der Waals surface area contributed by atoms with Crippen LogP contribution in [0.1, 0.15) is 31.3 Å². The average molecular weight is 294 g/mol. The minimum Gasteiger partial charge on any atom is -0.366 e. The maximum Gasteiger partial charge on any atom is 0.252 e. The molecule has 1 aliphatic rings. The average Bonchev–Trinajstić information content (AvgIpc) is 2.92. The van der Waals surface area contributed by atoms with Crippen LogP contribution in [0.3, 0.4) is 0 Å². The van der Waals surface area contributed by atoms with E-state index < -0.39 is 0 Å². The lowest BCUT2D eigenvalue weighted by molar-refractivity contribution is -0.147. The lowest BCUT2D eigenvalue weighted by atomic mass is 10.2. The standard InChI is InChI=1S/C15H26N4O2/c1-4-5-6-14-16-9-12(17-14)10-19-7-8-21-13(11-19)15(20)18(2)3/h9,13H,4-8,10-11H2,1-3H3,(H,16,17)/t13-/m0/s1. The van der Waals surface area contributed by atoms with Crippen LogP contribution >= 0.6 is 0 Å². The number of ether oxygens (including phenoxy) is 1. The molecule has 1 fully saturated rings. The smallest absolute Gasteiger partial charge is 0.252 e. The first-order chi connectivity index (χ1) is 10.1. The number of amides is 1. The van der Waals surface area contributed by atoms with E-state index in [2.05, 4.69) is 21.8 Å². The zero-order valence-corrected chi connectivity index (χ0v) is 13.3. The van der Waals surface area contributed by atoms with Crippen molar-refractivity contribution in [1.29, 1.82) is 0 Å². The molecule has 1 aromatic rings. The van der Waals surface area contributed by atoms with E-state index in [1.54, 1.807) is 19.0 Å². The SMILES string of the molecule is CCCCc1ncc(CN2CCO[C@H](C(=O)N(C)C)C2)[nH]1. The second kappa shape index (κ2) is 7.56. The number of morpholine rings is 1. The molecule has 0 spiro atoms. The zero-order valence-electron chi connectivity index (χ0n) is 13.3. The molecule has 1 N–H and O–H groups in total. The Bertz CT molecular complexity index is 458. The summed E-state index contributed by atoms with van der Waals surface area (Å²) in [6.45, 7) is 5.06. The highest BCUT2D eigenvalue weighted by atomic mass is 16.5. The Balaban J connectivity index is 1.87. The highest BCUT2D eigenvalue weighted by Gasteiger charge is 2.27. The van der Waals surface area contributed by atoms with Gasteiger partial charge in [0.15, 0.2) is 0 Å². The maximum atomic E-state index is 12.0. The third-order valence-corrected chi connectivity index (χ3v) is 3.71. The number of H-pyrrole nitrogens is 1. The number of nitrogens with one attached hydrogen (secondary N) is 1. The van der Waals surface area contributed by atoms with Crippen molar-refractivity contribution in [1.82, 2.24) is 19.8 Å². The zero-order chi connectivity index (χ0) is 15.2. The molecule has 0 aromatic carbocycles. The van der Waals surface area contributed by atoms with Crippen LogP contribution < -0.4 is 0 Å². The summed E-state index contributed by atoms with van der Waals surface area (Å²) in [6, 6.07) is 0. The predicted octanol–water partition coefficient (Wildman–Crippen LogP) is 1.04. The molecule has 2 heterocycles. The maximum absolute atomic E-state index is 12.0. The second-order valence-electron chi connectivity index (χ2n) is 5.79. The van der Waals surface area contributed by atoms with Crippen molar-refractivity contribution in [2.75, 3.05) is 33.8 Å². The first-order valence-corrected chi connectivity index (χ1v) is 7.68. The number of carbonyl (C=O) groups excluding carboxylic acids is 1. The minimum atomic E-state index is -0.351. The van der Waals surface area contributed by atoms with E-state index in [9.17, 15) is 4.79 Å². The van der Waals surface area contributed by atoms with E-state index in [0.29, 0.717) is 13.2 Å². The van der Waals surface area contributed by atoms with Crippen molar-refractivity contribution in [2.24, 2.45) is 0 Å². The number of hydrogen-bond acceptors (Lipinski definition) is 4. The molecule has 0 radical (unpaired) electrons. The molecule has 118 valence electrons. The summed E-state index contributed by atoms with van der Waals surface area (Å²) in [7, 11) is 3.53. The van der Waals surface area contributed by atoms with Crippen LogP contribution in [0.2, 0.25) is 0 Å². The van der Waals surface area contributed by atoms with Gasteiger partial charge in [0.05, 0.1) is 6.61 Å². The molecule has 1 amide bonds. The minimum absolute atomic E-state index is 0.0351. The van der Waals surface area contributed by atoms with Crippen LogP contribution in [0.4, 0.5) is 0 Å². The number of aromatic amines is 1. The van der Waals surface area contributed by atoms with Gasteiger partial charge in [-0.25, -0.2) is 4.98 Å². The van der Waals surface area contributed by atoms with Gasteiger partial charge in [0.2, 0.25) is 0 Å². The summed E-state index contributed by atoms with van der Waals surface area (Å²) in [4.78, 5) is 23.6. The first kappa shape index (κ1) is 16.0. The van der Waals surface area contributed by atoms with Gasteiger partial charge in [0.1, 0.15) is 11.9 Å². The van der Waals surface area contributed by atoms with Crippen molar-refractivity contribution < 1.29 is 9.53 Å². The fraction of sp³-hybridized carbons (Fsp3) is 0.733. The molecular formula is C15H26N4O2. The Morgan fingerprint density at radius 3 is 3.10 bits per heavy atom. The summed E-state index contributed by atoms with van der Waals surface area (Å²) < 4.78 is 5.57. The van der Waals surface area contributed by atoms with Gasteiger partial charge in [-0.15, -0.1) is 0 Å². The highest BCUT2D eigenvalue weighted by Crippen LogP contribution is 2.11. The number of unbranched alkanes of at least 4 members (excludes halogenated alkanes) is 1. The van der Waals surface area contributed by atoms with Crippen LogP contribution in [0.5, 0.6) is 0 Å². The first-order valence-electron chi connectivity index (χ1n) is 7.68. The third kappa shape index (κ3) is 4.54. The van der Waals surface area contributed by atoms with E-state index in [-0.39, 0.29) is 12.0 Å². The summed E-state index contributed by atoms with van der Waals surface area (Å²) in [5, 5.41) is 0. The topological polar surface area (TPSA) is 61.5 Å². The van der Waals surface area contributed by atoms with Gasteiger partial charge in [-0.05, 0) is 6.42 Å². The summed E-state index contributed by atoms with van der Waals surface area (Å²) in [6.07, 6.45) is 4.89. The van der Waals surface area contributed by atoms with Crippen molar-refractivity contribution in [2.45, 2.75) is 38.8 Å². The van der Waals surface area contributed by atoms with E-state index in [1.165, 1.54) is 6.42 Å². The van der Waals surface area contributed by atoms with Gasteiger partial charge in [-0.3, -0.25) is 9.69 Å². The molecule has 2 rings (SSSR count). The number of hydrogen-bond donors (Lipinski definition) is 1. The largest absolute Gasteiger partial charge is 0.366 e. The van der Waals surface area contributed by atoms with Gasteiger partial charge >= 0.3 is 0 Å². The lowest BCUT2D eigenvalue weighted by Crippen LogP contribution is -2.49. The molecular weight excluding hydrogens is 268 g/mol. The van der Waals surface area contributed by atoms with Crippen molar-refractivity contribution in [3.05, 3.63) is 17.7 Å². The molecule has 0 aliphatic carbocycles. The lowest BCUT2D eigenvalue weighted by Gasteiger charge is -2.32. The van der Waals surface area contributed by atoms with E-state index in [4.69, 9.17) is 4.74 Å². The summed E-state index contributed by atoms with van der Waals surface area (Å²) in [5.74, 6) is 1.09. The van der Waals surface area contributed by atoms with Crippen LogP contribution in [-0.2, 0) is 22.5 Å². The summed E-state index contributed by atoms with van der Waals surface area (Å²) in [5.41, 5.74) is 1.11. The molecule has 1 atom stereocenters. The van der Waals surface area contributed by atoms with Crippen LogP contribution in [0.25, 0.3) is 0 Å². The monoisotopic (exact) mass is 294 g/mol. The Morgan fingerprint density at radius 2 is 2.38 bits per heavy atom. The molecule has 0 unspecified atom stereocenters. The number of aromatic nitrogens is 2. The van der Waals surface area contributed by atoms with Gasteiger partial charge in [-0.2, -0.15) is 0 Å². The second-order valence-corrected chi connectivity index (χ2v) is 5.79. The number of nitrogens with zero attached hydrogens (tertiary/aromatic N) is 3. The molecule has 0 bridgehead atoms. The Kier molecular flexibility index (Phi) is 5.76. The van der Waals surface area contributed by atoms with Crippen molar-refractivity contribution >= 4 is 5.91 Å². The molecule has 1 saturated heterocycles. The molecule has 6 heteroatoms. The quantitative estimate of drug-likeness (QED) is 0.851. The van der Waals surface area contributed by atoms with Gasteiger partial charge in [0.25, 0.3) is 5.91 Å². The van der Waals surface area contributed by atoms with Gasteiger partial charge < -0.3 is 14.6 Å². The molecule has 0 saturated carbocycles. The van der Waals surface area contributed by atoms with E-state index >= 15 is 0 Å². The fourth-order valence-corrected chi connectivity index (χ4v) is 2.48.